The molecule has 2 rings (SSSR count). The lowest BCUT2D eigenvalue weighted by molar-refractivity contribution is 0.0950. The fourth-order valence-corrected chi connectivity index (χ4v) is 2.08. The number of carbonyl (C=O) groups is 2. The molecular weight excluding hydrogens is 280 g/mol. The Balaban J connectivity index is 2.07. The third-order valence-electron chi connectivity index (χ3n) is 3.33. The summed E-state index contributed by atoms with van der Waals surface area (Å²) in [5, 5.41) is 2.81. The number of amides is 2. The highest BCUT2D eigenvalue weighted by atomic mass is 16.5. The number of hydrogen-bond donors (Lipinski definition) is 2. The summed E-state index contributed by atoms with van der Waals surface area (Å²) in [6.07, 6.45) is 0. The molecule has 0 aliphatic rings. The molecule has 0 atom stereocenters. The normalized spacial score (nSPS) is 10.1. The highest BCUT2D eigenvalue weighted by molar-refractivity contribution is 5.95. The molecule has 0 heterocycles. The van der Waals surface area contributed by atoms with E-state index in [1.807, 2.05) is 19.1 Å². The SMILES string of the molecule is COc1cc(C(=O)NCc2cccc(C(N)=O)c2)ccc1C. The molecule has 0 radical (unpaired) electrons. The van der Waals surface area contributed by atoms with Crippen LogP contribution in [0.25, 0.3) is 0 Å². The summed E-state index contributed by atoms with van der Waals surface area (Å²) >= 11 is 0. The van der Waals surface area contributed by atoms with Gasteiger partial charge in [-0.15, -0.1) is 0 Å². The van der Waals surface area contributed by atoms with Crippen LogP contribution in [-0.4, -0.2) is 18.9 Å². The lowest BCUT2D eigenvalue weighted by Gasteiger charge is -2.09. The van der Waals surface area contributed by atoms with Gasteiger partial charge in [0.05, 0.1) is 7.11 Å². The minimum atomic E-state index is -0.489. The average molecular weight is 298 g/mol. The molecular formula is C17H18N2O3. The zero-order valence-electron chi connectivity index (χ0n) is 12.6. The van der Waals surface area contributed by atoms with Gasteiger partial charge in [0.15, 0.2) is 0 Å². The molecule has 114 valence electrons. The predicted octanol–water partition coefficient (Wildman–Crippen LogP) is 2.03. The molecule has 0 saturated carbocycles. The Morgan fingerprint density at radius 1 is 1.14 bits per heavy atom. The number of nitrogens with one attached hydrogen (secondary N) is 1. The highest BCUT2D eigenvalue weighted by Crippen LogP contribution is 2.19. The Labute approximate surface area is 129 Å². The van der Waals surface area contributed by atoms with Crippen LogP contribution in [0.3, 0.4) is 0 Å². The van der Waals surface area contributed by atoms with Crippen molar-refractivity contribution in [2.45, 2.75) is 13.5 Å². The summed E-state index contributed by atoms with van der Waals surface area (Å²) in [5.41, 5.74) is 7.95. The van der Waals surface area contributed by atoms with Gasteiger partial charge in [-0.25, -0.2) is 0 Å². The van der Waals surface area contributed by atoms with Crippen LogP contribution in [0.5, 0.6) is 5.75 Å². The molecule has 0 aliphatic carbocycles. The molecule has 3 N–H and O–H groups in total. The second-order valence-electron chi connectivity index (χ2n) is 4.93. The maximum atomic E-state index is 12.2. The van der Waals surface area contributed by atoms with E-state index < -0.39 is 5.91 Å². The Bertz CT molecular complexity index is 711. The lowest BCUT2D eigenvalue weighted by Crippen LogP contribution is -2.23. The summed E-state index contributed by atoms with van der Waals surface area (Å²) in [7, 11) is 1.57. The standard InChI is InChI=1S/C17H18N2O3/c1-11-6-7-14(9-15(11)22-2)17(21)19-10-12-4-3-5-13(8-12)16(18)20/h3-9H,10H2,1-2H3,(H2,18,20)(H,19,21). The van der Waals surface area contributed by atoms with Crippen LogP contribution in [0.4, 0.5) is 0 Å². The van der Waals surface area contributed by atoms with Crippen molar-refractivity contribution in [1.82, 2.24) is 5.32 Å². The fraction of sp³-hybridized carbons (Fsp3) is 0.176. The van der Waals surface area contributed by atoms with Gasteiger partial charge in [0.2, 0.25) is 5.91 Å². The van der Waals surface area contributed by atoms with Crippen LogP contribution in [-0.2, 0) is 6.54 Å². The zero-order valence-corrected chi connectivity index (χ0v) is 12.6. The molecule has 2 amide bonds. The maximum absolute atomic E-state index is 12.2. The summed E-state index contributed by atoms with van der Waals surface area (Å²) in [6.45, 7) is 2.23. The second kappa shape index (κ2) is 6.76. The predicted molar refractivity (Wildman–Crippen MR) is 83.9 cm³/mol. The molecule has 0 spiro atoms. The molecule has 22 heavy (non-hydrogen) atoms. The van der Waals surface area contributed by atoms with Crippen molar-refractivity contribution in [3.05, 3.63) is 64.7 Å². The highest BCUT2D eigenvalue weighted by Gasteiger charge is 2.09. The smallest absolute Gasteiger partial charge is 0.251 e. The number of primary amides is 1. The van der Waals surface area contributed by atoms with Gasteiger partial charge in [0, 0.05) is 17.7 Å². The number of carbonyl (C=O) groups excluding carboxylic acids is 2. The lowest BCUT2D eigenvalue weighted by atomic mass is 10.1. The number of methoxy groups -OCH3 is 1. The van der Waals surface area contributed by atoms with Crippen molar-refractivity contribution in [1.29, 1.82) is 0 Å². The summed E-state index contributed by atoms with van der Waals surface area (Å²) in [5.74, 6) is -0.0254. The summed E-state index contributed by atoms with van der Waals surface area (Å²) in [4.78, 5) is 23.3. The van der Waals surface area contributed by atoms with Crippen LogP contribution < -0.4 is 15.8 Å². The second-order valence-corrected chi connectivity index (χ2v) is 4.93. The van der Waals surface area contributed by atoms with Gasteiger partial charge in [-0.3, -0.25) is 9.59 Å². The number of rotatable bonds is 5. The molecule has 0 saturated heterocycles. The van der Waals surface area contributed by atoms with Crippen molar-refractivity contribution < 1.29 is 14.3 Å². The van der Waals surface area contributed by atoms with E-state index in [0.29, 0.717) is 23.4 Å². The molecule has 0 bridgehead atoms. The van der Waals surface area contributed by atoms with Crippen molar-refractivity contribution in [2.75, 3.05) is 7.11 Å². The molecule has 0 unspecified atom stereocenters. The van der Waals surface area contributed by atoms with Crippen molar-refractivity contribution in [3.63, 3.8) is 0 Å². The first-order valence-electron chi connectivity index (χ1n) is 6.83. The molecule has 0 aromatic heterocycles. The first-order chi connectivity index (χ1) is 10.5. The maximum Gasteiger partial charge on any atom is 0.251 e. The zero-order chi connectivity index (χ0) is 16.1. The van der Waals surface area contributed by atoms with E-state index in [0.717, 1.165) is 11.1 Å². The van der Waals surface area contributed by atoms with Gasteiger partial charge >= 0.3 is 0 Å². The van der Waals surface area contributed by atoms with Gasteiger partial charge < -0.3 is 15.8 Å². The molecule has 0 fully saturated rings. The molecule has 0 aliphatic heterocycles. The van der Waals surface area contributed by atoms with E-state index in [9.17, 15) is 9.59 Å². The van der Waals surface area contributed by atoms with E-state index in [4.69, 9.17) is 10.5 Å². The number of benzene rings is 2. The Kier molecular flexibility index (Phi) is 4.78. The van der Waals surface area contributed by atoms with E-state index in [-0.39, 0.29) is 5.91 Å². The molecule has 2 aromatic rings. The minimum absolute atomic E-state index is 0.206. The molecule has 5 heteroatoms. The Morgan fingerprint density at radius 3 is 2.59 bits per heavy atom. The average Bonchev–Trinajstić information content (AvgIpc) is 2.53. The van der Waals surface area contributed by atoms with Crippen LogP contribution in [0.2, 0.25) is 0 Å². The first-order valence-corrected chi connectivity index (χ1v) is 6.83. The van der Waals surface area contributed by atoms with E-state index in [1.165, 1.54) is 0 Å². The van der Waals surface area contributed by atoms with E-state index in [1.54, 1.807) is 37.4 Å². The van der Waals surface area contributed by atoms with Gasteiger partial charge in [-0.1, -0.05) is 18.2 Å². The number of ether oxygens (including phenoxy) is 1. The van der Waals surface area contributed by atoms with Gasteiger partial charge in [0.25, 0.3) is 5.91 Å². The molecule has 2 aromatic carbocycles. The van der Waals surface area contributed by atoms with E-state index >= 15 is 0 Å². The molecule has 5 nitrogen and oxygen atoms in total. The summed E-state index contributed by atoms with van der Waals surface area (Å²) in [6, 6.07) is 12.1. The number of nitrogens with two attached hydrogens (primary N) is 1. The van der Waals surface area contributed by atoms with Gasteiger partial charge in [0.1, 0.15) is 5.75 Å². The van der Waals surface area contributed by atoms with Crippen molar-refractivity contribution in [2.24, 2.45) is 5.73 Å². The topological polar surface area (TPSA) is 81.4 Å². The van der Waals surface area contributed by atoms with Gasteiger partial charge in [-0.2, -0.15) is 0 Å². The Hall–Kier alpha value is -2.82. The monoisotopic (exact) mass is 298 g/mol. The minimum Gasteiger partial charge on any atom is -0.496 e. The number of hydrogen-bond acceptors (Lipinski definition) is 3. The van der Waals surface area contributed by atoms with Crippen molar-refractivity contribution in [3.8, 4) is 5.75 Å². The fourth-order valence-electron chi connectivity index (χ4n) is 2.08. The third kappa shape index (κ3) is 3.63. The van der Waals surface area contributed by atoms with E-state index in [2.05, 4.69) is 5.32 Å². The van der Waals surface area contributed by atoms with Crippen molar-refractivity contribution >= 4 is 11.8 Å². The number of aryl methyl sites for hydroxylation is 1. The van der Waals surface area contributed by atoms with Crippen LogP contribution >= 0.6 is 0 Å². The van der Waals surface area contributed by atoms with Crippen LogP contribution in [0.1, 0.15) is 31.8 Å². The third-order valence-corrected chi connectivity index (χ3v) is 3.33. The largest absolute Gasteiger partial charge is 0.496 e. The van der Waals surface area contributed by atoms with Crippen LogP contribution in [0, 0.1) is 6.92 Å². The summed E-state index contributed by atoms with van der Waals surface area (Å²) < 4.78 is 5.21. The first kappa shape index (κ1) is 15.6. The quantitative estimate of drug-likeness (QED) is 0.886. The Morgan fingerprint density at radius 2 is 1.91 bits per heavy atom. The van der Waals surface area contributed by atoms with Crippen LogP contribution in [0.15, 0.2) is 42.5 Å². The van der Waals surface area contributed by atoms with Gasteiger partial charge in [-0.05, 0) is 42.3 Å².